The number of para-hydroxylation sites is 1. The highest BCUT2D eigenvalue weighted by Crippen LogP contribution is 2.24. The van der Waals surface area contributed by atoms with Gasteiger partial charge in [-0.2, -0.15) is 0 Å². The first-order valence-corrected chi connectivity index (χ1v) is 10.1. The second-order valence-corrected chi connectivity index (χ2v) is 7.99. The van der Waals surface area contributed by atoms with Crippen molar-refractivity contribution in [3.63, 3.8) is 0 Å². The number of aryl methyl sites for hydroxylation is 1. The van der Waals surface area contributed by atoms with E-state index in [0.29, 0.717) is 31.9 Å². The number of nitrogens with one attached hydrogen (secondary N) is 1. The van der Waals surface area contributed by atoms with E-state index in [4.69, 9.17) is 9.84 Å². The van der Waals surface area contributed by atoms with Gasteiger partial charge in [0.2, 0.25) is 0 Å². The predicted molar refractivity (Wildman–Crippen MR) is 102 cm³/mol. The van der Waals surface area contributed by atoms with Crippen LogP contribution in [0.25, 0.3) is 0 Å². The fraction of sp³-hybridized carbons (Fsp3) is 0.263. The van der Waals surface area contributed by atoms with E-state index in [-0.39, 0.29) is 27.6 Å². The lowest BCUT2D eigenvalue weighted by Crippen LogP contribution is -2.41. The van der Waals surface area contributed by atoms with Crippen LogP contribution in [-0.2, 0) is 14.8 Å². The third kappa shape index (κ3) is 4.15. The molecule has 0 bridgehead atoms. The summed E-state index contributed by atoms with van der Waals surface area (Å²) in [5, 5.41) is 9.14. The molecule has 148 valence electrons. The molecule has 0 radical (unpaired) electrons. The minimum atomic E-state index is -4.10. The first-order chi connectivity index (χ1) is 13.3. The molecule has 0 saturated carbocycles. The van der Waals surface area contributed by atoms with Crippen molar-refractivity contribution >= 4 is 27.6 Å². The maximum Gasteiger partial charge on any atom is 0.335 e. The Kier molecular flexibility index (Phi) is 5.66. The van der Waals surface area contributed by atoms with E-state index in [1.165, 1.54) is 18.2 Å². The number of hydrogen-bond donors (Lipinski definition) is 2. The highest BCUT2D eigenvalue weighted by Gasteiger charge is 2.24. The lowest BCUT2D eigenvalue weighted by atomic mass is 10.1. The van der Waals surface area contributed by atoms with E-state index in [1.54, 1.807) is 30.0 Å². The van der Waals surface area contributed by atoms with Gasteiger partial charge in [0.1, 0.15) is 0 Å². The fourth-order valence-electron chi connectivity index (χ4n) is 2.92. The highest BCUT2D eigenvalue weighted by molar-refractivity contribution is 7.92. The van der Waals surface area contributed by atoms with Gasteiger partial charge in [-0.25, -0.2) is 13.2 Å². The summed E-state index contributed by atoms with van der Waals surface area (Å²) in [4.78, 5) is 25.5. The number of ether oxygens (including phenoxy) is 1. The molecule has 2 aromatic rings. The molecule has 1 aliphatic heterocycles. The average Bonchev–Trinajstić information content (AvgIpc) is 2.68. The molecule has 3 rings (SSSR count). The number of carbonyl (C=O) groups excluding carboxylic acids is 1. The first-order valence-electron chi connectivity index (χ1n) is 8.62. The largest absolute Gasteiger partial charge is 0.478 e. The molecule has 2 aromatic carbocycles. The van der Waals surface area contributed by atoms with Crippen LogP contribution in [-0.4, -0.2) is 56.6 Å². The molecule has 9 heteroatoms. The van der Waals surface area contributed by atoms with Crippen LogP contribution in [0.4, 0.5) is 5.69 Å². The van der Waals surface area contributed by atoms with E-state index in [1.807, 2.05) is 0 Å². The molecule has 0 spiro atoms. The molecule has 1 amide bonds. The maximum atomic E-state index is 12.9. The van der Waals surface area contributed by atoms with Crippen molar-refractivity contribution in [2.45, 2.75) is 11.8 Å². The molecular weight excluding hydrogens is 384 g/mol. The van der Waals surface area contributed by atoms with Crippen molar-refractivity contribution < 1.29 is 27.9 Å². The standard InChI is InChI=1S/C19H20N2O6S/c1-13-6-7-14(19(23)24)12-17(13)28(25,26)20-16-5-3-2-4-15(16)18(22)21-8-10-27-11-9-21/h2-7,12,20H,8-11H2,1H3,(H,23,24). The third-order valence-corrected chi connectivity index (χ3v) is 5.93. The summed E-state index contributed by atoms with van der Waals surface area (Å²) >= 11 is 0. The minimum absolute atomic E-state index is 0.136. The van der Waals surface area contributed by atoms with Crippen molar-refractivity contribution in [2.24, 2.45) is 0 Å². The second kappa shape index (κ2) is 7.99. The van der Waals surface area contributed by atoms with Crippen LogP contribution in [0.15, 0.2) is 47.4 Å². The zero-order valence-corrected chi connectivity index (χ0v) is 16.0. The molecule has 1 heterocycles. The number of carboxylic acid groups (broad SMARTS) is 1. The monoisotopic (exact) mass is 404 g/mol. The van der Waals surface area contributed by atoms with E-state index in [9.17, 15) is 18.0 Å². The average molecular weight is 404 g/mol. The Morgan fingerprint density at radius 1 is 1.11 bits per heavy atom. The van der Waals surface area contributed by atoms with Crippen molar-refractivity contribution in [3.05, 3.63) is 59.2 Å². The van der Waals surface area contributed by atoms with Gasteiger partial charge in [-0.1, -0.05) is 18.2 Å². The number of rotatable bonds is 5. The van der Waals surface area contributed by atoms with Crippen LogP contribution >= 0.6 is 0 Å². The molecule has 0 aromatic heterocycles. The van der Waals surface area contributed by atoms with Gasteiger partial charge >= 0.3 is 5.97 Å². The summed E-state index contributed by atoms with van der Waals surface area (Å²) in [6.45, 7) is 3.30. The smallest absolute Gasteiger partial charge is 0.335 e. The Bertz CT molecular complexity index is 1010. The normalized spacial score (nSPS) is 14.5. The molecule has 1 aliphatic rings. The second-order valence-electron chi connectivity index (χ2n) is 6.34. The number of anilines is 1. The third-order valence-electron chi connectivity index (χ3n) is 4.42. The quantitative estimate of drug-likeness (QED) is 0.788. The van der Waals surface area contributed by atoms with Crippen LogP contribution < -0.4 is 4.72 Å². The lowest BCUT2D eigenvalue weighted by molar-refractivity contribution is 0.0303. The lowest BCUT2D eigenvalue weighted by Gasteiger charge is -2.27. The first kappa shape index (κ1) is 19.8. The van der Waals surface area contributed by atoms with Crippen LogP contribution in [0.1, 0.15) is 26.3 Å². The van der Waals surface area contributed by atoms with E-state index in [0.717, 1.165) is 6.07 Å². The van der Waals surface area contributed by atoms with Crippen molar-refractivity contribution in [3.8, 4) is 0 Å². The summed E-state index contributed by atoms with van der Waals surface area (Å²) in [5.74, 6) is -1.52. The zero-order chi connectivity index (χ0) is 20.3. The van der Waals surface area contributed by atoms with Gasteiger partial charge in [0.05, 0.1) is 34.9 Å². The van der Waals surface area contributed by atoms with Crippen molar-refractivity contribution in [1.29, 1.82) is 0 Å². The summed E-state index contributed by atoms with van der Waals surface area (Å²) in [5.41, 5.74) is 0.622. The Balaban J connectivity index is 1.94. The summed E-state index contributed by atoms with van der Waals surface area (Å²) < 4.78 is 33.5. The summed E-state index contributed by atoms with van der Waals surface area (Å²) in [6, 6.07) is 10.2. The number of aromatic carboxylic acids is 1. The number of carboxylic acids is 1. The molecule has 1 fully saturated rings. The van der Waals surface area contributed by atoms with E-state index >= 15 is 0 Å². The molecular formula is C19H20N2O6S. The van der Waals surface area contributed by atoms with Crippen molar-refractivity contribution in [2.75, 3.05) is 31.0 Å². The molecule has 1 saturated heterocycles. The van der Waals surface area contributed by atoms with Crippen LogP contribution in [0.2, 0.25) is 0 Å². The fourth-order valence-corrected chi connectivity index (χ4v) is 4.27. The Morgan fingerprint density at radius 3 is 2.46 bits per heavy atom. The molecule has 0 atom stereocenters. The number of carbonyl (C=O) groups is 2. The molecule has 28 heavy (non-hydrogen) atoms. The maximum absolute atomic E-state index is 12.9. The van der Waals surface area contributed by atoms with Gasteiger partial charge in [-0.05, 0) is 36.8 Å². The molecule has 0 aliphatic carbocycles. The molecule has 8 nitrogen and oxygen atoms in total. The van der Waals surface area contributed by atoms with Crippen LogP contribution in [0, 0.1) is 6.92 Å². The van der Waals surface area contributed by atoms with Gasteiger partial charge in [-0.3, -0.25) is 9.52 Å². The van der Waals surface area contributed by atoms with E-state index < -0.39 is 16.0 Å². The number of amides is 1. The van der Waals surface area contributed by atoms with Crippen LogP contribution in [0.3, 0.4) is 0 Å². The summed E-state index contributed by atoms with van der Waals surface area (Å²) in [6.07, 6.45) is 0. The topological polar surface area (TPSA) is 113 Å². The number of hydrogen-bond acceptors (Lipinski definition) is 5. The predicted octanol–water partition coefficient (Wildman–Crippen LogP) is 1.97. The number of benzene rings is 2. The zero-order valence-electron chi connectivity index (χ0n) is 15.2. The number of nitrogens with zero attached hydrogens (tertiary/aromatic N) is 1. The van der Waals surface area contributed by atoms with Gasteiger partial charge in [0.25, 0.3) is 15.9 Å². The molecule has 2 N–H and O–H groups in total. The Morgan fingerprint density at radius 2 is 1.79 bits per heavy atom. The summed E-state index contributed by atoms with van der Waals surface area (Å²) in [7, 11) is -4.10. The van der Waals surface area contributed by atoms with E-state index in [2.05, 4.69) is 4.72 Å². The van der Waals surface area contributed by atoms with Gasteiger partial charge in [-0.15, -0.1) is 0 Å². The van der Waals surface area contributed by atoms with Gasteiger partial charge in [0.15, 0.2) is 0 Å². The highest BCUT2D eigenvalue weighted by atomic mass is 32.2. The molecule has 0 unspecified atom stereocenters. The Labute approximate surface area is 162 Å². The van der Waals surface area contributed by atoms with Crippen LogP contribution in [0.5, 0.6) is 0 Å². The van der Waals surface area contributed by atoms with Gasteiger partial charge in [0, 0.05) is 13.1 Å². The van der Waals surface area contributed by atoms with Crippen molar-refractivity contribution in [1.82, 2.24) is 4.90 Å². The number of sulfonamides is 1. The minimum Gasteiger partial charge on any atom is -0.478 e. The SMILES string of the molecule is Cc1ccc(C(=O)O)cc1S(=O)(=O)Nc1ccccc1C(=O)N1CCOCC1. The number of morpholine rings is 1. The van der Waals surface area contributed by atoms with Gasteiger partial charge < -0.3 is 14.7 Å². The Hall–Kier alpha value is -2.91.